The van der Waals surface area contributed by atoms with E-state index in [0.29, 0.717) is 49.1 Å². The van der Waals surface area contributed by atoms with Gasteiger partial charge in [0.1, 0.15) is 30.4 Å². The number of hydrogen-bond donors (Lipinski definition) is 6. The number of amides is 2. The van der Waals surface area contributed by atoms with Crippen molar-refractivity contribution in [3.63, 3.8) is 0 Å². The first-order valence-corrected chi connectivity index (χ1v) is 32.6. The number of benzene rings is 2. The van der Waals surface area contributed by atoms with E-state index in [1.54, 1.807) is 53.4 Å². The van der Waals surface area contributed by atoms with Crippen LogP contribution in [0.5, 0.6) is 17.5 Å². The van der Waals surface area contributed by atoms with E-state index in [2.05, 4.69) is 45.3 Å². The van der Waals surface area contributed by atoms with E-state index in [1.807, 2.05) is 64.1 Å². The Balaban J connectivity index is 0.617. The van der Waals surface area contributed by atoms with Crippen LogP contribution in [0, 0.1) is 12.8 Å². The molecule has 5 fully saturated rings. The Morgan fingerprint density at radius 3 is 2.27 bits per heavy atom. The Kier molecular flexibility index (Phi) is 18.0. The van der Waals surface area contributed by atoms with Crippen molar-refractivity contribution in [2.75, 3.05) is 61.4 Å². The van der Waals surface area contributed by atoms with Crippen LogP contribution in [0.4, 0.5) is 17.2 Å². The number of piperazine rings is 1. The van der Waals surface area contributed by atoms with Gasteiger partial charge in [-0.05, 0) is 86.0 Å². The van der Waals surface area contributed by atoms with Gasteiger partial charge >= 0.3 is 15.6 Å². The highest BCUT2D eigenvalue weighted by Gasteiger charge is 2.47. The van der Waals surface area contributed by atoms with Gasteiger partial charge in [-0.3, -0.25) is 28.8 Å². The Hall–Kier alpha value is -6.57. The predicted octanol–water partition coefficient (Wildman–Crippen LogP) is 7.04. The number of fused-ring (bicyclic) bond motifs is 2. The number of para-hydroxylation sites is 1. The molecule has 4 aromatic heterocycles. The Morgan fingerprint density at radius 1 is 0.835 bits per heavy atom. The zero-order valence-corrected chi connectivity index (χ0v) is 50.1. The van der Waals surface area contributed by atoms with Crippen LogP contribution in [0.3, 0.4) is 0 Å². The van der Waals surface area contributed by atoms with E-state index in [0.717, 1.165) is 79.0 Å². The highest BCUT2D eigenvalue weighted by Crippen LogP contribution is 2.45. The lowest BCUT2D eigenvalue weighted by Crippen LogP contribution is -2.54. The summed E-state index contributed by atoms with van der Waals surface area (Å²) >= 11 is 1.55. The number of nitrogens with two attached hydrogens (primary N) is 1. The van der Waals surface area contributed by atoms with Crippen LogP contribution in [-0.4, -0.2) is 155 Å². The highest BCUT2D eigenvalue weighted by molar-refractivity contribution is 7.46. The van der Waals surface area contributed by atoms with Crippen LogP contribution in [0.15, 0.2) is 89.0 Å². The second-order valence-corrected chi connectivity index (χ2v) is 26.1. The minimum Gasteiger partial charge on any atom is -0.474 e. The van der Waals surface area contributed by atoms with Gasteiger partial charge in [-0.15, -0.1) is 21.5 Å². The van der Waals surface area contributed by atoms with Crippen LogP contribution in [-0.2, 0) is 28.0 Å². The SMILES string of the molecule is Cc1ncsc1-c1ccc([C@H](C)NC(=O)[C@@H]2C[C@@H](OP(=O)(O)O)CN2C(=O)[C@@H](c2cc(OCCN3CCC(OC4CC(Oc5cc(N6C7CC[C@@H]6CN(c6cc(-c8ccccc8OP(=O)(O)O)nnc6N)C7)ccn5)C4)CC3)no2)C(C)C)cc1. The van der Waals surface area contributed by atoms with Crippen molar-refractivity contribution in [3.05, 3.63) is 102 Å². The van der Waals surface area contributed by atoms with Crippen molar-refractivity contribution in [1.29, 1.82) is 0 Å². The average Bonchev–Trinajstić information content (AvgIpc) is 2.96. The van der Waals surface area contributed by atoms with E-state index in [1.165, 1.54) is 11.0 Å². The molecule has 8 heterocycles. The maximum absolute atomic E-state index is 14.5. The third kappa shape index (κ3) is 14.3. The van der Waals surface area contributed by atoms with Crippen molar-refractivity contribution < 1.29 is 66.1 Å². The molecular weight excluding hydrogens is 1160 g/mol. The average molecular weight is 1230 g/mol. The number of carbonyl (C=O) groups is 2. The number of rotatable bonds is 22. The summed E-state index contributed by atoms with van der Waals surface area (Å²) < 4.78 is 58.4. The molecule has 6 aromatic rings. The fraction of sp³-hybridized carbons (Fsp3) is 0.491. The first-order valence-electron chi connectivity index (χ1n) is 28.6. The van der Waals surface area contributed by atoms with E-state index >= 15 is 0 Å². The van der Waals surface area contributed by atoms with Crippen LogP contribution >= 0.6 is 27.0 Å². The topological polar surface area (TPSA) is 324 Å². The molecule has 4 aliphatic heterocycles. The lowest BCUT2D eigenvalue weighted by atomic mass is 9.91. The lowest BCUT2D eigenvalue weighted by Gasteiger charge is -2.43. The Bertz CT molecular complexity index is 3410. The molecule has 5 aliphatic rings. The summed E-state index contributed by atoms with van der Waals surface area (Å²) in [5.41, 5.74) is 13.5. The fourth-order valence-corrected chi connectivity index (χ4v) is 14.1. The summed E-state index contributed by atoms with van der Waals surface area (Å²) in [5, 5.41) is 15.6. The van der Waals surface area contributed by atoms with Crippen LogP contribution in [0.25, 0.3) is 21.7 Å². The van der Waals surface area contributed by atoms with Crippen molar-refractivity contribution in [2.45, 2.75) is 127 Å². The van der Waals surface area contributed by atoms with Gasteiger partial charge < -0.3 is 58.8 Å². The fourth-order valence-electron chi connectivity index (χ4n) is 12.4. The molecule has 0 spiro atoms. The summed E-state index contributed by atoms with van der Waals surface area (Å²) in [7, 11) is -9.76. The number of nitrogen functional groups attached to an aromatic ring is 1. The van der Waals surface area contributed by atoms with Gasteiger partial charge in [0.05, 0.1) is 51.8 Å². The third-order valence-corrected chi connectivity index (χ3v) is 18.6. The molecular formula is C57H71N11O14P2S. The lowest BCUT2D eigenvalue weighted by molar-refractivity contribution is -0.141. The Morgan fingerprint density at radius 2 is 1.58 bits per heavy atom. The number of aryl methyl sites for hydroxylation is 1. The molecule has 2 amide bonds. The maximum Gasteiger partial charge on any atom is 0.524 e. The zero-order chi connectivity index (χ0) is 59.7. The molecule has 25 nitrogen and oxygen atoms in total. The number of piperidine rings is 1. The number of aromatic nitrogens is 5. The zero-order valence-electron chi connectivity index (χ0n) is 47.5. The molecule has 11 rings (SSSR count). The molecule has 85 heavy (non-hydrogen) atoms. The number of likely N-dealkylation sites (tertiary alicyclic amines) is 2. The number of phosphoric ester groups is 2. The second-order valence-electron chi connectivity index (χ2n) is 22.9. The quantitative estimate of drug-likeness (QED) is 0.0371. The van der Waals surface area contributed by atoms with E-state index < -0.39 is 51.6 Å². The van der Waals surface area contributed by atoms with Gasteiger partial charge in [-0.2, -0.15) is 0 Å². The largest absolute Gasteiger partial charge is 0.524 e. The van der Waals surface area contributed by atoms with Gasteiger partial charge in [-0.1, -0.05) is 50.2 Å². The van der Waals surface area contributed by atoms with Crippen LogP contribution < -0.4 is 34.8 Å². The number of carbonyl (C=O) groups excluding carboxylic acids is 2. The highest BCUT2D eigenvalue weighted by atomic mass is 32.1. The van der Waals surface area contributed by atoms with Crippen LogP contribution in [0.1, 0.15) is 94.7 Å². The first kappa shape index (κ1) is 60.1. The second kappa shape index (κ2) is 25.4. The number of anilines is 3. The van der Waals surface area contributed by atoms with Crippen molar-refractivity contribution in [1.82, 2.24) is 40.4 Å². The molecule has 2 bridgehead atoms. The van der Waals surface area contributed by atoms with Gasteiger partial charge in [0.15, 0.2) is 11.6 Å². The minimum absolute atomic E-state index is 0.00580. The standard InChI is InChI=1S/C57H71N11O14P2S/c1-33(2)53(57(70)67-31-44(81-83(71,72)73)26-48(67)56(69)61-34(3)36-9-11-37(12-10-36)54-35(4)60-32-85-54)50-28-52(64-80-50)77-22-21-65-19-16-41(17-20-65)78-42-24-43(25-42)79-51-23-38(15-18-59-51)68-39-13-14-40(68)30-66(29-39)47-27-46(62-63-55(47)58)45-7-5-6-8-49(45)82-84(74,75)76/h5-12,15,18,23,27-28,32-34,39-44,48,53H,13-14,16-17,19-22,24-26,29-31H2,1-4H3,(H2,58,63)(H,61,69)(H2,71,72,73)(H2,74,75,76)/t34-,39+,40?,42?,43?,44+,48-,53+/m0/s1. The number of hydrogen-bond acceptors (Lipinski definition) is 20. The van der Waals surface area contributed by atoms with Crippen molar-refractivity contribution >= 4 is 56.0 Å². The summed E-state index contributed by atoms with van der Waals surface area (Å²) in [6.45, 7) is 11.2. The monoisotopic (exact) mass is 1230 g/mol. The van der Waals surface area contributed by atoms with Gasteiger partial charge in [-0.25, -0.2) is 19.1 Å². The number of nitrogens with one attached hydrogen (secondary N) is 1. The number of ether oxygens (including phenoxy) is 3. The third-order valence-electron chi connectivity index (χ3n) is 16.6. The molecule has 6 atom stereocenters. The minimum atomic E-state index is -4.94. The molecule has 4 saturated heterocycles. The summed E-state index contributed by atoms with van der Waals surface area (Å²) in [4.78, 5) is 85.1. The number of nitrogens with zero attached hydrogens (tertiary/aromatic N) is 9. The molecule has 454 valence electrons. The summed E-state index contributed by atoms with van der Waals surface area (Å²) in [5.74, 6) is -0.858. The first-order chi connectivity index (χ1) is 40.7. The van der Waals surface area contributed by atoms with Crippen molar-refractivity contribution in [3.8, 4) is 39.2 Å². The number of phosphoric acid groups is 2. The van der Waals surface area contributed by atoms with E-state index in [-0.39, 0.29) is 72.5 Å². The summed E-state index contributed by atoms with van der Waals surface area (Å²) in [6, 6.07) is 20.5. The molecule has 1 saturated carbocycles. The molecule has 1 aliphatic carbocycles. The van der Waals surface area contributed by atoms with Gasteiger partial charge in [0.2, 0.25) is 17.7 Å². The van der Waals surface area contributed by atoms with E-state index in [9.17, 15) is 38.3 Å². The number of pyridine rings is 1. The van der Waals surface area contributed by atoms with Gasteiger partial charge in [0.25, 0.3) is 5.88 Å². The molecule has 2 aromatic carbocycles. The van der Waals surface area contributed by atoms with Crippen LogP contribution in [0.2, 0.25) is 0 Å². The van der Waals surface area contributed by atoms with Crippen molar-refractivity contribution in [2.24, 2.45) is 5.92 Å². The van der Waals surface area contributed by atoms with Gasteiger partial charge in [0, 0.05) is 100 Å². The molecule has 28 heteroatoms. The predicted molar refractivity (Wildman–Crippen MR) is 314 cm³/mol. The maximum atomic E-state index is 14.5. The smallest absolute Gasteiger partial charge is 0.474 e. The Labute approximate surface area is 495 Å². The number of thiazole rings is 1. The molecule has 1 unspecified atom stereocenters. The van der Waals surface area contributed by atoms with E-state index in [4.69, 9.17) is 33.5 Å². The normalized spacial score (nSPS) is 22.8. The molecule has 0 radical (unpaired) electrons. The summed E-state index contributed by atoms with van der Waals surface area (Å²) in [6.07, 6.45) is 6.07. The molecule has 7 N–H and O–H groups in total.